The van der Waals surface area contributed by atoms with Crippen molar-refractivity contribution in [2.45, 2.75) is 37.8 Å². The van der Waals surface area contributed by atoms with Gasteiger partial charge in [-0.15, -0.1) is 0 Å². The number of carbonyl (C=O) groups excluding carboxylic acids is 1. The van der Waals surface area contributed by atoms with E-state index >= 15 is 0 Å². The predicted octanol–water partition coefficient (Wildman–Crippen LogP) is 4.80. The van der Waals surface area contributed by atoms with Crippen LogP contribution >= 0.6 is 0 Å². The molecule has 5 rings (SSSR count). The largest absolute Gasteiger partial charge is 0.497 e. The number of methoxy groups -OCH3 is 2. The molecule has 2 aliphatic rings. The van der Waals surface area contributed by atoms with E-state index in [4.69, 9.17) is 9.47 Å². The molecule has 2 aliphatic heterocycles. The van der Waals surface area contributed by atoms with Crippen molar-refractivity contribution in [3.05, 3.63) is 89.5 Å². The molecule has 0 unspecified atom stereocenters. The molecule has 1 amide bonds. The van der Waals surface area contributed by atoms with Gasteiger partial charge in [0, 0.05) is 69.2 Å². The summed E-state index contributed by atoms with van der Waals surface area (Å²) >= 11 is 0. The Morgan fingerprint density at radius 3 is 2.38 bits per heavy atom. The Kier molecular flexibility index (Phi) is 9.23. The zero-order valence-corrected chi connectivity index (χ0v) is 23.9. The third-order valence-electron chi connectivity index (χ3n) is 8.12. The molecule has 2 atom stereocenters. The van der Waals surface area contributed by atoms with Crippen molar-refractivity contribution >= 4 is 11.6 Å². The summed E-state index contributed by atoms with van der Waals surface area (Å²) in [5.74, 6) is 1.54. The Balaban J connectivity index is 1.25. The summed E-state index contributed by atoms with van der Waals surface area (Å²) in [6.07, 6.45) is -3.72. The number of halogens is 3. The lowest BCUT2D eigenvalue weighted by Gasteiger charge is -2.38. The first-order valence-electron chi connectivity index (χ1n) is 14.2. The monoisotopic (exact) mass is 582 g/mol. The van der Waals surface area contributed by atoms with Crippen LogP contribution in [-0.4, -0.2) is 74.7 Å². The average molecular weight is 583 g/mol. The molecular weight excluding hydrogens is 545 g/mol. The second kappa shape index (κ2) is 13.0. The normalized spacial score (nSPS) is 19.6. The van der Waals surface area contributed by atoms with Gasteiger partial charge in [-0.25, -0.2) is 0 Å². The van der Waals surface area contributed by atoms with Crippen LogP contribution in [0.5, 0.6) is 11.5 Å². The molecule has 10 heteroatoms. The summed E-state index contributed by atoms with van der Waals surface area (Å²) in [7, 11) is 3.26. The standard InChI is InChI=1S/C32H37F3N4O3/c1-41-28-12-11-24(30(19-28)42-2)20-36-26-18-29(39(22-26)21-23-7-4-3-5-8-23)31(40)38-15-13-37(14-16-38)27-10-6-9-25(17-27)32(33,34)35/h3-12,17,19,26,29,36H,13-16,18,20-22H2,1-2H3/t26-,29+/m1/s1. The van der Waals surface area contributed by atoms with Gasteiger partial charge in [-0.05, 0) is 36.2 Å². The van der Waals surface area contributed by atoms with E-state index in [9.17, 15) is 18.0 Å². The van der Waals surface area contributed by atoms with E-state index in [0.717, 1.165) is 28.7 Å². The van der Waals surface area contributed by atoms with Crippen LogP contribution in [0.15, 0.2) is 72.8 Å². The zero-order valence-electron chi connectivity index (χ0n) is 23.9. The minimum Gasteiger partial charge on any atom is -0.497 e. The van der Waals surface area contributed by atoms with Gasteiger partial charge >= 0.3 is 6.18 Å². The number of carbonyl (C=O) groups is 1. The van der Waals surface area contributed by atoms with Gasteiger partial charge in [-0.2, -0.15) is 13.2 Å². The first-order chi connectivity index (χ1) is 20.2. The maximum Gasteiger partial charge on any atom is 0.416 e. The molecule has 42 heavy (non-hydrogen) atoms. The van der Waals surface area contributed by atoms with Crippen LogP contribution in [0.3, 0.4) is 0 Å². The molecule has 0 spiro atoms. The van der Waals surface area contributed by atoms with Gasteiger partial charge in [0.25, 0.3) is 0 Å². The number of benzene rings is 3. The first kappa shape index (κ1) is 29.7. The predicted molar refractivity (Wildman–Crippen MR) is 156 cm³/mol. The Morgan fingerprint density at radius 2 is 1.69 bits per heavy atom. The van der Waals surface area contributed by atoms with Crippen LogP contribution in [0.2, 0.25) is 0 Å². The van der Waals surface area contributed by atoms with Gasteiger partial charge in [0.1, 0.15) is 11.5 Å². The summed E-state index contributed by atoms with van der Waals surface area (Å²) in [4.78, 5) is 19.9. The van der Waals surface area contributed by atoms with Crippen LogP contribution < -0.4 is 19.7 Å². The van der Waals surface area contributed by atoms with Crippen molar-refractivity contribution in [1.29, 1.82) is 0 Å². The van der Waals surface area contributed by atoms with Crippen LogP contribution in [0.25, 0.3) is 0 Å². The molecule has 3 aromatic rings. The number of anilines is 1. The lowest BCUT2D eigenvalue weighted by Crippen LogP contribution is -2.53. The van der Waals surface area contributed by atoms with Crippen molar-refractivity contribution in [2.24, 2.45) is 0 Å². The molecule has 7 nitrogen and oxygen atoms in total. The quantitative estimate of drug-likeness (QED) is 0.391. The van der Waals surface area contributed by atoms with Gasteiger partial charge in [0.05, 0.1) is 25.8 Å². The molecule has 2 heterocycles. The summed E-state index contributed by atoms with van der Waals surface area (Å²) in [6, 6.07) is 21.1. The minimum atomic E-state index is -4.39. The summed E-state index contributed by atoms with van der Waals surface area (Å²) in [6.45, 7) is 3.86. The highest BCUT2D eigenvalue weighted by Gasteiger charge is 2.39. The maximum atomic E-state index is 13.9. The number of nitrogens with one attached hydrogen (secondary N) is 1. The number of likely N-dealkylation sites (tertiary alicyclic amines) is 1. The second-order valence-electron chi connectivity index (χ2n) is 10.8. The van der Waals surface area contributed by atoms with Crippen LogP contribution in [0.1, 0.15) is 23.1 Å². The fourth-order valence-electron chi connectivity index (χ4n) is 5.83. The van der Waals surface area contributed by atoms with Gasteiger partial charge < -0.3 is 24.6 Å². The summed E-state index contributed by atoms with van der Waals surface area (Å²) in [5.41, 5.74) is 2.02. The van der Waals surface area contributed by atoms with Crippen molar-refractivity contribution < 1.29 is 27.4 Å². The number of alkyl halides is 3. The Labute approximate surface area is 244 Å². The highest BCUT2D eigenvalue weighted by Crippen LogP contribution is 2.32. The molecule has 2 saturated heterocycles. The zero-order chi connectivity index (χ0) is 29.7. The lowest BCUT2D eigenvalue weighted by molar-refractivity contribution is -0.137. The highest BCUT2D eigenvalue weighted by molar-refractivity contribution is 5.82. The minimum absolute atomic E-state index is 0.0703. The first-order valence-corrected chi connectivity index (χ1v) is 14.2. The summed E-state index contributed by atoms with van der Waals surface area (Å²) < 4.78 is 50.5. The van der Waals surface area contributed by atoms with E-state index in [1.165, 1.54) is 12.1 Å². The number of hydrogen-bond acceptors (Lipinski definition) is 6. The highest BCUT2D eigenvalue weighted by atomic mass is 19.4. The molecule has 224 valence electrons. The van der Waals surface area contributed by atoms with Crippen LogP contribution in [0, 0.1) is 0 Å². The van der Waals surface area contributed by atoms with Crippen molar-refractivity contribution in [3.63, 3.8) is 0 Å². The van der Waals surface area contributed by atoms with Gasteiger partial charge in [-0.3, -0.25) is 9.69 Å². The number of nitrogens with zero attached hydrogens (tertiary/aromatic N) is 3. The van der Waals surface area contributed by atoms with Crippen molar-refractivity contribution in [3.8, 4) is 11.5 Å². The smallest absolute Gasteiger partial charge is 0.416 e. The number of hydrogen-bond donors (Lipinski definition) is 1. The molecule has 0 aromatic heterocycles. The second-order valence-corrected chi connectivity index (χ2v) is 10.8. The molecule has 2 fully saturated rings. The molecule has 0 radical (unpaired) electrons. The molecule has 0 saturated carbocycles. The third kappa shape index (κ3) is 6.99. The van der Waals surface area contributed by atoms with Gasteiger partial charge in [0.15, 0.2) is 0 Å². The number of amides is 1. The van der Waals surface area contributed by atoms with Crippen molar-refractivity contribution in [2.75, 3.05) is 51.8 Å². The van der Waals surface area contributed by atoms with Crippen molar-refractivity contribution in [1.82, 2.24) is 15.1 Å². The fraction of sp³-hybridized carbons (Fsp3) is 0.406. The Hall–Kier alpha value is -3.76. The SMILES string of the molecule is COc1ccc(CN[C@@H]2C[C@@H](C(=O)N3CCN(c4cccc(C(F)(F)F)c4)CC3)N(Cc3ccccc3)C2)c(OC)c1. The van der Waals surface area contributed by atoms with E-state index in [-0.39, 0.29) is 18.0 Å². The Bertz CT molecular complexity index is 1350. The van der Waals surface area contributed by atoms with Crippen LogP contribution in [0.4, 0.5) is 18.9 Å². The number of piperazine rings is 1. The molecule has 3 aromatic carbocycles. The Morgan fingerprint density at radius 1 is 0.929 bits per heavy atom. The third-order valence-corrected chi connectivity index (χ3v) is 8.12. The van der Waals surface area contributed by atoms with E-state index in [0.29, 0.717) is 57.9 Å². The maximum absolute atomic E-state index is 13.9. The molecule has 0 aliphatic carbocycles. The van der Waals surface area contributed by atoms with Gasteiger partial charge in [0.2, 0.25) is 5.91 Å². The molecule has 0 bridgehead atoms. The van der Waals surface area contributed by atoms with E-state index < -0.39 is 11.7 Å². The lowest BCUT2D eigenvalue weighted by atomic mass is 10.1. The average Bonchev–Trinajstić information content (AvgIpc) is 3.42. The molecule has 1 N–H and O–H groups in total. The van der Waals surface area contributed by atoms with E-state index in [2.05, 4.69) is 22.3 Å². The number of ether oxygens (including phenoxy) is 2. The molecular formula is C32H37F3N4O3. The fourth-order valence-corrected chi connectivity index (χ4v) is 5.83. The summed E-state index contributed by atoms with van der Waals surface area (Å²) in [5, 5.41) is 3.63. The van der Waals surface area contributed by atoms with Crippen LogP contribution in [-0.2, 0) is 24.1 Å². The van der Waals surface area contributed by atoms with E-state index in [1.54, 1.807) is 20.3 Å². The number of rotatable bonds is 9. The topological polar surface area (TPSA) is 57.3 Å². The van der Waals surface area contributed by atoms with Gasteiger partial charge in [-0.1, -0.05) is 42.5 Å². The van der Waals surface area contributed by atoms with E-state index in [1.807, 2.05) is 46.2 Å².